The zero-order chi connectivity index (χ0) is 20.4. The highest BCUT2D eigenvalue weighted by Crippen LogP contribution is 2.34. The van der Waals surface area contributed by atoms with Crippen molar-refractivity contribution in [2.24, 2.45) is 0 Å². The van der Waals surface area contributed by atoms with Gasteiger partial charge in [-0.2, -0.15) is 17.5 Å². The summed E-state index contributed by atoms with van der Waals surface area (Å²) >= 11 is 0. The van der Waals surface area contributed by atoms with Gasteiger partial charge in [-0.3, -0.25) is 0 Å². The van der Waals surface area contributed by atoms with Crippen molar-refractivity contribution in [3.63, 3.8) is 0 Å². The van der Waals surface area contributed by atoms with E-state index in [0.717, 1.165) is 16.4 Å². The normalized spacial score (nSPS) is 12.5. The van der Waals surface area contributed by atoms with Crippen LogP contribution in [0.25, 0.3) is 0 Å². The van der Waals surface area contributed by atoms with Crippen LogP contribution in [-0.2, 0) is 16.2 Å². The summed E-state index contributed by atoms with van der Waals surface area (Å²) in [6.45, 7) is 0. The predicted octanol–water partition coefficient (Wildman–Crippen LogP) is 5.12. The molecule has 0 saturated carbocycles. The summed E-state index contributed by atoms with van der Waals surface area (Å²) < 4.78 is 66.5. The van der Waals surface area contributed by atoms with E-state index in [-0.39, 0.29) is 0 Å². The molecule has 0 spiro atoms. The maximum absolute atomic E-state index is 13.2. The molecule has 3 rings (SSSR count). The molecule has 0 amide bonds. The van der Waals surface area contributed by atoms with Crippen LogP contribution in [0.1, 0.15) is 22.7 Å². The van der Waals surface area contributed by atoms with E-state index in [1.807, 2.05) is 12.1 Å². The third kappa shape index (κ3) is 4.10. The van der Waals surface area contributed by atoms with Crippen molar-refractivity contribution in [3.05, 3.63) is 102 Å². The summed E-state index contributed by atoms with van der Waals surface area (Å²) in [5.41, 5.74) is 0.427. The van der Waals surface area contributed by atoms with Crippen molar-refractivity contribution < 1.29 is 21.6 Å². The Hall–Kier alpha value is -2.64. The van der Waals surface area contributed by atoms with Gasteiger partial charge in [-0.05, 0) is 29.3 Å². The first kappa shape index (κ1) is 20.1. The van der Waals surface area contributed by atoms with Crippen LogP contribution in [0.4, 0.5) is 13.2 Å². The minimum absolute atomic E-state index is 0.401. The fraction of sp³-hybridized carbons (Fsp3) is 0.143. The fourth-order valence-corrected chi connectivity index (χ4v) is 4.40. The molecule has 3 aromatic carbocycles. The van der Waals surface area contributed by atoms with Crippen LogP contribution in [0, 0.1) is 0 Å². The molecule has 0 heterocycles. The van der Waals surface area contributed by atoms with Crippen LogP contribution in [0.5, 0.6) is 0 Å². The summed E-state index contributed by atoms with van der Waals surface area (Å²) in [5.74, 6) is 0. The number of hydrogen-bond acceptors (Lipinski definition) is 2. The van der Waals surface area contributed by atoms with Crippen molar-refractivity contribution in [3.8, 4) is 0 Å². The number of nitrogens with zero attached hydrogens (tertiary/aromatic N) is 1. The second kappa shape index (κ2) is 7.77. The molecule has 0 aliphatic heterocycles. The molecule has 0 atom stereocenters. The first-order chi connectivity index (χ1) is 13.2. The van der Waals surface area contributed by atoms with Gasteiger partial charge in [0, 0.05) is 7.05 Å². The van der Waals surface area contributed by atoms with Crippen LogP contribution >= 0.6 is 0 Å². The van der Waals surface area contributed by atoms with E-state index in [9.17, 15) is 21.6 Å². The minimum Gasteiger partial charge on any atom is -0.207 e. The number of hydrogen-bond donors (Lipinski definition) is 0. The van der Waals surface area contributed by atoms with Crippen molar-refractivity contribution in [2.45, 2.75) is 17.1 Å². The molecule has 28 heavy (non-hydrogen) atoms. The fourth-order valence-electron chi connectivity index (χ4n) is 3.02. The second-order valence-corrected chi connectivity index (χ2v) is 8.27. The largest absolute Gasteiger partial charge is 0.416 e. The molecule has 3 aromatic rings. The van der Waals surface area contributed by atoms with E-state index in [4.69, 9.17) is 0 Å². The van der Waals surface area contributed by atoms with Gasteiger partial charge >= 0.3 is 6.18 Å². The molecule has 7 heteroatoms. The Bertz CT molecular complexity index is 997. The van der Waals surface area contributed by atoms with E-state index < -0.39 is 32.7 Å². The standard InChI is InChI=1S/C21H18F3NO2S/c1-25(28(26,27)19-14-8-13-18(15-19)21(22,23)24)20(16-9-4-2-5-10-16)17-11-6-3-7-12-17/h2-15,20H,1H3. The topological polar surface area (TPSA) is 37.4 Å². The Morgan fingerprint density at radius 2 is 1.29 bits per heavy atom. The molecular formula is C21H18F3NO2S. The highest BCUT2D eigenvalue weighted by atomic mass is 32.2. The lowest BCUT2D eigenvalue weighted by Crippen LogP contribution is -2.32. The first-order valence-electron chi connectivity index (χ1n) is 8.46. The summed E-state index contributed by atoms with van der Waals surface area (Å²) in [5, 5.41) is 0. The predicted molar refractivity (Wildman–Crippen MR) is 101 cm³/mol. The van der Waals surface area contributed by atoms with Crippen LogP contribution < -0.4 is 0 Å². The van der Waals surface area contributed by atoms with Gasteiger partial charge in [0.1, 0.15) is 0 Å². The summed E-state index contributed by atoms with van der Waals surface area (Å²) in [4.78, 5) is -0.401. The molecule has 0 unspecified atom stereocenters. The quantitative estimate of drug-likeness (QED) is 0.591. The molecular weight excluding hydrogens is 387 g/mol. The maximum atomic E-state index is 13.2. The molecule has 0 aliphatic rings. The average molecular weight is 405 g/mol. The summed E-state index contributed by atoms with van der Waals surface area (Å²) in [6.07, 6.45) is -4.62. The average Bonchev–Trinajstić information content (AvgIpc) is 2.69. The van der Waals surface area contributed by atoms with Gasteiger partial charge in [0.2, 0.25) is 10.0 Å². The van der Waals surface area contributed by atoms with Gasteiger partial charge in [-0.15, -0.1) is 0 Å². The van der Waals surface area contributed by atoms with Crippen LogP contribution in [-0.4, -0.2) is 19.8 Å². The molecule has 0 bridgehead atoms. The van der Waals surface area contributed by atoms with E-state index in [1.165, 1.54) is 13.1 Å². The molecule has 3 nitrogen and oxygen atoms in total. The number of halogens is 3. The Balaban J connectivity index is 2.09. The van der Waals surface area contributed by atoms with Gasteiger partial charge < -0.3 is 0 Å². The summed E-state index contributed by atoms with van der Waals surface area (Å²) in [7, 11) is -2.81. The van der Waals surface area contributed by atoms with Crippen molar-refractivity contribution in [2.75, 3.05) is 7.05 Å². The molecule has 0 N–H and O–H groups in total. The molecule has 0 aliphatic carbocycles. The smallest absolute Gasteiger partial charge is 0.207 e. The third-order valence-electron chi connectivity index (χ3n) is 4.43. The highest BCUT2D eigenvalue weighted by Gasteiger charge is 2.34. The number of sulfonamides is 1. The van der Waals surface area contributed by atoms with Crippen molar-refractivity contribution >= 4 is 10.0 Å². The monoisotopic (exact) mass is 405 g/mol. The molecule has 0 fully saturated rings. The van der Waals surface area contributed by atoms with Gasteiger partial charge in [-0.25, -0.2) is 8.42 Å². The van der Waals surface area contributed by atoms with Gasteiger partial charge in [-0.1, -0.05) is 66.7 Å². The minimum atomic E-state index is -4.62. The number of alkyl halides is 3. The molecule has 146 valence electrons. The molecule has 0 saturated heterocycles. The molecule has 0 radical (unpaired) electrons. The zero-order valence-corrected chi connectivity index (χ0v) is 15.8. The van der Waals surface area contributed by atoms with Crippen LogP contribution in [0.2, 0.25) is 0 Å². The number of benzene rings is 3. The molecule has 0 aromatic heterocycles. The lowest BCUT2D eigenvalue weighted by Gasteiger charge is -2.28. The van der Waals surface area contributed by atoms with Crippen LogP contribution in [0.15, 0.2) is 89.8 Å². The van der Waals surface area contributed by atoms with Gasteiger partial charge in [0.15, 0.2) is 0 Å². The lowest BCUT2D eigenvalue weighted by molar-refractivity contribution is -0.137. The van der Waals surface area contributed by atoms with Gasteiger partial charge in [0.25, 0.3) is 0 Å². The van der Waals surface area contributed by atoms with E-state index in [0.29, 0.717) is 17.2 Å². The Labute approximate surface area is 162 Å². The first-order valence-corrected chi connectivity index (χ1v) is 9.90. The zero-order valence-electron chi connectivity index (χ0n) is 15.0. The SMILES string of the molecule is CN(C(c1ccccc1)c1ccccc1)S(=O)(=O)c1cccc(C(F)(F)F)c1. The third-order valence-corrected chi connectivity index (χ3v) is 6.25. The van der Waals surface area contributed by atoms with Crippen molar-refractivity contribution in [1.82, 2.24) is 4.31 Å². The van der Waals surface area contributed by atoms with E-state index in [1.54, 1.807) is 48.5 Å². The van der Waals surface area contributed by atoms with Crippen LogP contribution in [0.3, 0.4) is 0 Å². The Morgan fingerprint density at radius 3 is 1.75 bits per heavy atom. The highest BCUT2D eigenvalue weighted by molar-refractivity contribution is 7.89. The number of rotatable bonds is 5. The van der Waals surface area contributed by atoms with Crippen molar-refractivity contribution in [1.29, 1.82) is 0 Å². The Kier molecular flexibility index (Phi) is 5.58. The second-order valence-electron chi connectivity index (χ2n) is 6.27. The van der Waals surface area contributed by atoms with Gasteiger partial charge in [0.05, 0.1) is 16.5 Å². The Morgan fingerprint density at radius 1 is 0.786 bits per heavy atom. The maximum Gasteiger partial charge on any atom is 0.416 e. The summed E-state index contributed by atoms with van der Waals surface area (Å²) in [6, 6.07) is 21.0. The van der Waals surface area contributed by atoms with E-state index in [2.05, 4.69) is 0 Å². The lowest BCUT2D eigenvalue weighted by atomic mass is 9.99. The van der Waals surface area contributed by atoms with E-state index >= 15 is 0 Å².